The predicted octanol–water partition coefficient (Wildman–Crippen LogP) is 5.07. The molecule has 4 heteroatoms. The summed E-state index contributed by atoms with van der Waals surface area (Å²) >= 11 is 5.93. The lowest BCUT2D eigenvalue weighted by Crippen LogP contribution is -2.12. The van der Waals surface area contributed by atoms with Crippen LogP contribution in [0.5, 0.6) is 0 Å². The molecule has 3 rings (SSSR count). The van der Waals surface area contributed by atoms with Gasteiger partial charge in [0.1, 0.15) is 0 Å². The van der Waals surface area contributed by atoms with Gasteiger partial charge < -0.3 is 10.4 Å². The number of amides is 1. The van der Waals surface area contributed by atoms with Crippen LogP contribution >= 0.6 is 11.6 Å². The molecule has 3 aromatic rings. The Morgan fingerprint density at radius 3 is 2.38 bits per heavy atom. The molecule has 3 aromatic carbocycles. The summed E-state index contributed by atoms with van der Waals surface area (Å²) < 4.78 is 0. The summed E-state index contributed by atoms with van der Waals surface area (Å²) in [5.41, 5.74) is 4.90. The molecule has 0 atom stereocenters. The third-order valence-electron chi connectivity index (χ3n) is 4.15. The number of benzene rings is 3. The summed E-state index contributed by atoms with van der Waals surface area (Å²) in [4.78, 5) is 12.1. The minimum absolute atomic E-state index is 0.0371. The van der Waals surface area contributed by atoms with E-state index in [-0.39, 0.29) is 12.5 Å². The Hall–Kier alpha value is -2.62. The Morgan fingerprint density at radius 1 is 0.885 bits per heavy atom. The summed E-state index contributed by atoms with van der Waals surface area (Å²) in [5, 5.41) is 12.6. The van der Waals surface area contributed by atoms with E-state index in [0.717, 1.165) is 22.3 Å². The third kappa shape index (κ3) is 4.94. The van der Waals surface area contributed by atoms with E-state index in [1.54, 1.807) is 12.1 Å². The number of halogens is 1. The summed E-state index contributed by atoms with van der Waals surface area (Å²) in [6.07, 6.45) is 1.06. The molecule has 0 heterocycles. The van der Waals surface area contributed by atoms with E-state index in [2.05, 4.69) is 11.4 Å². The van der Waals surface area contributed by atoms with Gasteiger partial charge in [-0.3, -0.25) is 4.79 Å². The number of hydrogen-bond acceptors (Lipinski definition) is 2. The number of rotatable bonds is 6. The number of aliphatic hydroxyl groups excluding tert-OH is 1. The molecule has 132 valence electrons. The van der Waals surface area contributed by atoms with Crippen LogP contribution in [0.25, 0.3) is 11.1 Å². The number of carbonyl (C=O) groups excluding carboxylic acids is 1. The first-order chi connectivity index (χ1) is 12.6. The molecule has 0 unspecified atom stereocenters. The van der Waals surface area contributed by atoms with Crippen LogP contribution in [0.2, 0.25) is 5.02 Å². The molecule has 0 bridgehead atoms. The topological polar surface area (TPSA) is 49.3 Å². The van der Waals surface area contributed by atoms with Gasteiger partial charge in [-0.2, -0.15) is 0 Å². The van der Waals surface area contributed by atoms with Crippen LogP contribution in [0.3, 0.4) is 0 Å². The van der Waals surface area contributed by atoms with Crippen LogP contribution < -0.4 is 5.32 Å². The Kier molecular flexibility index (Phi) is 6.05. The molecule has 26 heavy (non-hydrogen) atoms. The van der Waals surface area contributed by atoms with Gasteiger partial charge in [0.25, 0.3) is 0 Å². The Morgan fingerprint density at radius 2 is 1.65 bits per heavy atom. The lowest BCUT2D eigenvalue weighted by atomic mass is 10.00. The van der Waals surface area contributed by atoms with Crippen molar-refractivity contribution >= 4 is 23.2 Å². The van der Waals surface area contributed by atoms with Gasteiger partial charge in [0.05, 0.1) is 6.61 Å². The van der Waals surface area contributed by atoms with Crippen molar-refractivity contribution in [3.8, 4) is 11.1 Å². The fraction of sp³-hybridized carbons (Fsp3) is 0.136. The van der Waals surface area contributed by atoms with E-state index in [1.165, 1.54) is 0 Å². The zero-order valence-corrected chi connectivity index (χ0v) is 15.0. The fourth-order valence-corrected chi connectivity index (χ4v) is 2.95. The number of carbonyl (C=O) groups is 1. The van der Waals surface area contributed by atoms with Crippen LogP contribution in [0.1, 0.15) is 17.5 Å². The first-order valence-electron chi connectivity index (χ1n) is 8.48. The van der Waals surface area contributed by atoms with Crippen molar-refractivity contribution in [2.45, 2.75) is 19.4 Å². The zero-order valence-electron chi connectivity index (χ0n) is 14.3. The van der Waals surface area contributed by atoms with Gasteiger partial charge in [0.15, 0.2) is 0 Å². The molecular weight excluding hydrogens is 346 g/mol. The zero-order chi connectivity index (χ0) is 18.4. The van der Waals surface area contributed by atoms with Crippen molar-refractivity contribution in [1.29, 1.82) is 0 Å². The fourth-order valence-electron chi connectivity index (χ4n) is 2.76. The second kappa shape index (κ2) is 8.65. The minimum atomic E-state index is -0.0371. The molecule has 0 aliphatic carbocycles. The maximum atomic E-state index is 12.1. The molecule has 0 aromatic heterocycles. The SMILES string of the molecule is O=C(CCc1cccc(-c2ccc(CO)cc2)c1)Nc1cccc(Cl)c1. The molecule has 0 fully saturated rings. The van der Waals surface area contributed by atoms with Gasteiger partial charge in [-0.25, -0.2) is 0 Å². The van der Waals surface area contributed by atoms with E-state index >= 15 is 0 Å². The van der Waals surface area contributed by atoms with Crippen LogP contribution in [-0.4, -0.2) is 11.0 Å². The molecule has 0 saturated heterocycles. The van der Waals surface area contributed by atoms with Crippen LogP contribution in [0, 0.1) is 0 Å². The van der Waals surface area contributed by atoms with Gasteiger partial charge in [-0.15, -0.1) is 0 Å². The molecule has 0 saturated carbocycles. The van der Waals surface area contributed by atoms with E-state index in [4.69, 9.17) is 16.7 Å². The highest BCUT2D eigenvalue weighted by atomic mass is 35.5. The van der Waals surface area contributed by atoms with Crippen molar-refractivity contribution in [3.05, 3.63) is 88.9 Å². The molecular formula is C22H20ClNO2. The van der Waals surface area contributed by atoms with Gasteiger partial charge in [-0.1, -0.05) is 66.2 Å². The first-order valence-corrected chi connectivity index (χ1v) is 8.86. The van der Waals surface area contributed by atoms with E-state index in [1.807, 2.05) is 54.6 Å². The van der Waals surface area contributed by atoms with Gasteiger partial charge in [0, 0.05) is 17.1 Å². The van der Waals surface area contributed by atoms with Crippen molar-refractivity contribution in [1.82, 2.24) is 0 Å². The normalized spacial score (nSPS) is 10.5. The quantitative estimate of drug-likeness (QED) is 0.640. The summed E-state index contributed by atoms with van der Waals surface area (Å²) in [5.74, 6) is -0.0371. The second-order valence-electron chi connectivity index (χ2n) is 6.11. The molecule has 0 aliphatic heterocycles. The minimum Gasteiger partial charge on any atom is -0.392 e. The molecule has 1 amide bonds. The summed E-state index contributed by atoms with van der Waals surface area (Å²) in [6, 6.07) is 23.1. The maximum Gasteiger partial charge on any atom is 0.224 e. The Bertz CT molecular complexity index is 891. The van der Waals surface area contributed by atoms with Crippen molar-refractivity contribution in [2.75, 3.05) is 5.32 Å². The van der Waals surface area contributed by atoms with Crippen LogP contribution in [0.4, 0.5) is 5.69 Å². The Labute approximate surface area is 158 Å². The maximum absolute atomic E-state index is 12.1. The predicted molar refractivity (Wildman–Crippen MR) is 106 cm³/mol. The highest BCUT2D eigenvalue weighted by molar-refractivity contribution is 6.30. The summed E-state index contributed by atoms with van der Waals surface area (Å²) in [7, 11) is 0. The first kappa shape index (κ1) is 18.2. The number of nitrogens with one attached hydrogen (secondary N) is 1. The highest BCUT2D eigenvalue weighted by Gasteiger charge is 2.05. The monoisotopic (exact) mass is 365 g/mol. The molecule has 2 N–H and O–H groups in total. The Balaban J connectivity index is 1.62. The van der Waals surface area contributed by atoms with Crippen molar-refractivity contribution < 1.29 is 9.90 Å². The lowest BCUT2D eigenvalue weighted by molar-refractivity contribution is -0.116. The number of aliphatic hydroxyl groups is 1. The van der Waals surface area contributed by atoms with Crippen LogP contribution in [0.15, 0.2) is 72.8 Å². The van der Waals surface area contributed by atoms with E-state index < -0.39 is 0 Å². The second-order valence-corrected chi connectivity index (χ2v) is 6.55. The van der Waals surface area contributed by atoms with E-state index in [9.17, 15) is 4.79 Å². The van der Waals surface area contributed by atoms with Gasteiger partial charge in [-0.05, 0) is 46.9 Å². The average molecular weight is 366 g/mol. The largest absolute Gasteiger partial charge is 0.392 e. The van der Waals surface area contributed by atoms with Gasteiger partial charge >= 0.3 is 0 Å². The third-order valence-corrected chi connectivity index (χ3v) is 4.38. The standard InChI is InChI=1S/C22H20ClNO2/c23-20-5-2-6-21(14-20)24-22(26)12-9-16-3-1-4-19(13-16)18-10-7-17(15-25)8-11-18/h1-8,10-11,13-14,25H,9,12,15H2,(H,24,26). The summed E-state index contributed by atoms with van der Waals surface area (Å²) in [6.45, 7) is 0.0437. The number of anilines is 1. The van der Waals surface area contributed by atoms with Crippen molar-refractivity contribution in [3.63, 3.8) is 0 Å². The molecule has 0 radical (unpaired) electrons. The van der Waals surface area contributed by atoms with Crippen molar-refractivity contribution in [2.24, 2.45) is 0 Å². The highest BCUT2D eigenvalue weighted by Crippen LogP contribution is 2.22. The molecule has 3 nitrogen and oxygen atoms in total. The number of hydrogen-bond donors (Lipinski definition) is 2. The van der Waals surface area contributed by atoms with Crippen LogP contribution in [-0.2, 0) is 17.8 Å². The lowest BCUT2D eigenvalue weighted by Gasteiger charge is -2.08. The molecule has 0 spiro atoms. The number of aryl methyl sites for hydroxylation is 1. The van der Waals surface area contributed by atoms with E-state index in [0.29, 0.717) is 23.6 Å². The van der Waals surface area contributed by atoms with Gasteiger partial charge in [0.2, 0.25) is 5.91 Å². The average Bonchev–Trinajstić information content (AvgIpc) is 2.67. The smallest absolute Gasteiger partial charge is 0.224 e. The molecule has 0 aliphatic rings.